The number of rotatable bonds is 1. The zero-order valence-electron chi connectivity index (χ0n) is 8.55. The Labute approximate surface area is 90.5 Å². The summed E-state index contributed by atoms with van der Waals surface area (Å²) >= 11 is 0. The third-order valence-corrected chi connectivity index (χ3v) is 3.33. The van der Waals surface area contributed by atoms with Crippen LogP contribution in [-0.4, -0.2) is 26.4 Å². The molecule has 6 heteroatoms. The first-order valence-electron chi connectivity index (χ1n) is 5.28. The maximum Gasteiger partial charge on any atom is 0.330 e. The highest BCUT2D eigenvalue weighted by Crippen LogP contribution is 2.52. The van der Waals surface area contributed by atoms with E-state index in [0.29, 0.717) is 12.8 Å². The molecule has 1 aliphatic heterocycles. The molecule has 1 aliphatic carbocycles. The summed E-state index contributed by atoms with van der Waals surface area (Å²) in [5.41, 5.74) is -1.31. The van der Waals surface area contributed by atoms with Gasteiger partial charge in [-0.1, -0.05) is 0 Å². The summed E-state index contributed by atoms with van der Waals surface area (Å²) in [7, 11) is 0. The highest BCUT2D eigenvalue weighted by molar-refractivity contribution is 5.09. The van der Waals surface area contributed by atoms with Gasteiger partial charge in [-0.15, -0.1) is 0 Å². The van der Waals surface area contributed by atoms with Gasteiger partial charge in [-0.2, -0.15) is 0 Å². The van der Waals surface area contributed by atoms with Crippen LogP contribution in [0.3, 0.4) is 0 Å². The molecule has 3 rings (SSSR count). The molecule has 16 heavy (non-hydrogen) atoms. The minimum Gasteiger partial charge on any atom is -0.390 e. The van der Waals surface area contributed by atoms with Crippen LogP contribution < -0.4 is 11.2 Å². The van der Waals surface area contributed by atoms with Crippen molar-refractivity contribution in [1.82, 2.24) is 9.55 Å². The lowest BCUT2D eigenvalue weighted by atomic mass is 10.2. The van der Waals surface area contributed by atoms with E-state index in [2.05, 4.69) is 4.98 Å². The second-order valence-corrected chi connectivity index (χ2v) is 4.41. The molecule has 0 bridgehead atoms. The standard InChI is InChI=1S/C10H12N2O4/c13-6-5-10(6)3-1-8(16-10)12-4-2-7(14)11-9(12)15/h2,4,6,8,13H,1,3,5H2,(H,11,14,15)/t6-,8+,10?/m0/s1. The molecule has 2 aliphatic rings. The van der Waals surface area contributed by atoms with Crippen LogP contribution in [0.1, 0.15) is 25.5 Å². The van der Waals surface area contributed by atoms with Crippen LogP contribution in [0.25, 0.3) is 0 Å². The summed E-state index contributed by atoms with van der Waals surface area (Å²) in [6.45, 7) is 0. The normalized spacial score (nSPS) is 36.8. The molecule has 0 radical (unpaired) electrons. The number of H-pyrrole nitrogens is 1. The number of nitrogens with one attached hydrogen (secondary N) is 1. The summed E-state index contributed by atoms with van der Waals surface area (Å²) in [6, 6.07) is 1.29. The lowest BCUT2D eigenvalue weighted by molar-refractivity contribution is -0.0365. The van der Waals surface area contributed by atoms with E-state index in [1.54, 1.807) is 0 Å². The monoisotopic (exact) mass is 224 g/mol. The van der Waals surface area contributed by atoms with Crippen molar-refractivity contribution in [1.29, 1.82) is 0 Å². The average Bonchev–Trinajstić information content (AvgIpc) is 2.68. The van der Waals surface area contributed by atoms with Gasteiger partial charge in [-0.3, -0.25) is 14.3 Å². The zero-order chi connectivity index (χ0) is 11.3. The second-order valence-electron chi connectivity index (χ2n) is 4.41. The molecular weight excluding hydrogens is 212 g/mol. The number of aliphatic hydroxyl groups is 1. The number of nitrogens with zero attached hydrogens (tertiary/aromatic N) is 1. The van der Waals surface area contributed by atoms with Gasteiger partial charge in [0, 0.05) is 18.7 Å². The van der Waals surface area contributed by atoms with E-state index in [1.165, 1.54) is 16.8 Å². The van der Waals surface area contributed by atoms with Crippen LogP contribution in [0.15, 0.2) is 21.9 Å². The molecule has 0 aromatic carbocycles. The van der Waals surface area contributed by atoms with Crippen molar-refractivity contribution in [3.05, 3.63) is 33.1 Å². The van der Waals surface area contributed by atoms with Gasteiger partial charge >= 0.3 is 5.69 Å². The SMILES string of the molecule is O=c1ccn([C@H]2CCC3(C[C@@H]3O)O2)c(=O)[nH]1. The molecule has 1 unspecified atom stereocenters. The van der Waals surface area contributed by atoms with Gasteiger partial charge in [-0.05, 0) is 12.8 Å². The van der Waals surface area contributed by atoms with Crippen molar-refractivity contribution in [3.63, 3.8) is 0 Å². The highest BCUT2D eigenvalue weighted by atomic mass is 16.6. The van der Waals surface area contributed by atoms with E-state index in [1.807, 2.05) is 0 Å². The molecule has 1 aromatic heterocycles. The van der Waals surface area contributed by atoms with Crippen LogP contribution >= 0.6 is 0 Å². The maximum absolute atomic E-state index is 11.5. The lowest BCUT2D eigenvalue weighted by Gasteiger charge is -2.14. The van der Waals surface area contributed by atoms with E-state index in [0.717, 1.165) is 6.42 Å². The molecule has 3 atom stereocenters. The minimum atomic E-state index is -0.468. The molecule has 2 N–H and O–H groups in total. The smallest absolute Gasteiger partial charge is 0.330 e. The van der Waals surface area contributed by atoms with E-state index in [4.69, 9.17) is 4.74 Å². The van der Waals surface area contributed by atoms with Crippen LogP contribution in [0.2, 0.25) is 0 Å². The predicted octanol–water partition coefficient (Wildman–Crippen LogP) is -0.651. The fraction of sp³-hybridized carbons (Fsp3) is 0.600. The van der Waals surface area contributed by atoms with Crippen molar-refractivity contribution < 1.29 is 9.84 Å². The first kappa shape index (κ1) is 9.80. The molecule has 6 nitrogen and oxygen atoms in total. The van der Waals surface area contributed by atoms with Gasteiger partial charge in [0.05, 0.1) is 11.7 Å². The van der Waals surface area contributed by atoms with Crippen molar-refractivity contribution in [2.75, 3.05) is 0 Å². The Balaban J connectivity index is 1.89. The second kappa shape index (κ2) is 3.05. The largest absolute Gasteiger partial charge is 0.390 e. The summed E-state index contributed by atoms with van der Waals surface area (Å²) in [6.07, 6.45) is 2.73. The molecule has 86 valence electrons. The molecule has 1 saturated heterocycles. The topological polar surface area (TPSA) is 84.3 Å². The Morgan fingerprint density at radius 1 is 1.56 bits per heavy atom. The number of aliphatic hydroxyl groups excluding tert-OH is 1. The number of aromatic nitrogens is 2. The number of ether oxygens (including phenoxy) is 1. The third kappa shape index (κ3) is 1.34. The molecule has 1 spiro atoms. The molecule has 1 saturated carbocycles. The van der Waals surface area contributed by atoms with E-state index in [9.17, 15) is 14.7 Å². The molecule has 2 fully saturated rings. The summed E-state index contributed by atoms with van der Waals surface area (Å²) in [4.78, 5) is 24.6. The van der Waals surface area contributed by atoms with Crippen molar-refractivity contribution in [2.24, 2.45) is 0 Å². The van der Waals surface area contributed by atoms with E-state index < -0.39 is 23.0 Å². The van der Waals surface area contributed by atoms with Gasteiger partial charge in [0.2, 0.25) is 0 Å². The van der Waals surface area contributed by atoms with Gasteiger partial charge in [0.15, 0.2) is 0 Å². The fourth-order valence-corrected chi connectivity index (χ4v) is 2.27. The lowest BCUT2D eigenvalue weighted by Crippen LogP contribution is -2.31. The Bertz CT molecular complexity index is 534. The van der Waals surface area contributed by atoms with Gasteiger partial charge < -0.3 is 9.84 Å². The Morgan fingerprint density at radius 3 is 2.88 bits per heavy atom. The summed E-state index contributed by atoms with van der Waals surface area (Å²) in [5, 5.41) is 9.42. The third-order valence-electron chi connectivity index (χ3n) is 3.33. The van der Waals surface area contributed by atoms with E-state index in [-0.39, 0.29) is 6.23 Å². The molecule has 2 heterocycles. The minimum absolute atomic E-state index is 0.374. The van der Waals surface area contributed by atoms with Crippen molar-refractivity contribution in [3.8, 4) is 0 Å². The first-order chi connectivity index (χ1) is 7.61. The van der Waals surface area contributed by atoms with Crippen LogP contribution in [0.5, 0.6) is 0 Å². The molecular formula is C10H12N2O4. The highest BCUT2D eigenvalue weighted by Gasteiger charge is 2.59. The van der Waals surface area contributed by atoms with Gasteiger partial charge in [-0.25, -0.2) is 4.79 Å². The zero-order valence-corrected chi connectivity index (χ0v) is 8.55. The van der Waals surface area contributed by atoms with E-state index >= 15 is 0 Å². The Morgan fingerprint density at radius 2 is 2.31 bits per heavy atom. The Kier molecular flexibility index (Phi) is 1.87. The Hall–Kier alpha value is -1.40. The number of aromatic amines is 1. The van der Waals surface area contributed by atoms with Crippen LogP contribution in [0.4, 0.5) is 0 Å². The first-order valence-corrected chi connectivity index (χ1v) is 5.28. The average molecular weight is 224 g/mol. The van der Waals surface area contributed by atoms with Gasteiger partial charge in [0.1, 0.15) is 6.23 Å². The number of hydrogen-bond acceptors (Lipinski definition) is 4. The van der Waals surface area contributed by atoms with Crippen molar-refractivity contribution in [2.45, 2.75) is 37.2 Å². The number of hydrogen-bond donors (Lipinski definition) is 2. The molecule has 0 amide bonds. The summed E-state index contributed by atoms with van der Waals surface area (Å²) in [5.74, 6) is 0. The maximum atomic E-state index is 11.5. The van der Waals surface area contributed by atoms with Crippen molar-refractivity contribution >= 4 is 0 Å². The molecule has 1 aromatic rings. The summed E-state index contributed by atoms with van der Waals surface area (Å²) < 4.78 is 7.03. The van der Waals surface area contributed by atoms with Crippen LogP contribution in [-0.2, 0) is 4.74 Å². The van der Waals surface area contributed by atoms with Gasteiger partial charge in [0.25, 0.3) is 5.56 Å². The quantitative estimate of drug-likeness (QED) is 0.663. The predicted molar refractivity (Wildman–Crippen MR) is 54.0 cm³/mol. The fourth-order valence-electron chi connectivity index (χ4n) is 2.27. The van der Waals surface area contributed by atoms with Crippen LogP contribution in [0, 0.1) is 0 Å².